The van der Waals surface area contributed by atoms with Gasteiger partial charge in [-0.1, -0.05) is 56.0 Å². The van der Waals surface area contributed by atoms with Gasteiger partial charge >= 0.3 is 0 Å². The Bertz CT molecular complexity index is 1110. The lowest BCUT2D eigenvalue weighted by molar-refractivity contribution is -0.125. The number of hydrogen-bond donors (Lipinski definition) is 0. The minimum Gasteiger partial charge on any atom is -0.464 e. The summed E-state index contributed by atoms with van der Waals surface area (Å²) < 4.78 is 5.79. The number of aromatic nitrogens is 1. The fourth-order valence-electron chi connectivity index (χ4n) is 5.80. The lowest BCUT2D eigenvalue weighted by Gasteiger charge is -2.25. The van der Waals surface area contributed by atoms with Gasteiger partial charge in [-0.25, -0.2) is 0 Å². The number of Topliss-reactive ketones (excluding diaryl/α,β-unsaturated/α-hetero) is 1. The van der Waals surface area contributed by atoms with Crippen molar-refractivity contribution in [1.82, 2.24) is 9.88 Å². The number of nitrogens with zero attached hydrogens (tertiary/aromatic N) is 2. The highest BCUT2D eigenvalue weighted by atomic mass is 16.3. The number of carbonyl (C=O) groups excluding carboxylic acids is 1. The molecule has 1 aliphatic carbocycles. The second-order valence-corrected chi connectivity index (χ2v) is 9.96. The van der Waals surface area contributed by atoms with Gasteiger partial charge in [0, 0.05) is 29.6 Å². The largest absolute Gasteiger partial charge is 0.464 e. The number of pyridine rings is 1. The zero-order valence-electron chi connectivity index (χ0n) is 20.1. The van der Waals surface area contributed by atoms with Crippen LogP contribution in [0.5, 0.6) is 0 Å². The van der Waals surface area contributed by atoms with Crippen LogP contribution in [0.1, 0.15) is 75.0 Å². The summed E-state index contributed by atoms with van der Waals surface area (Å²) in [5.74, 6) is 0.544. The van der Waals surface area contributed by atoms with Crippen LogP contribution < -0.4 is 0 Å². The average molecular weight is 457 g/mol. The Hall–Kier alpha value is -2.72. The predicted molar refractivity (Wildman–Crippen MR) is 138 cm³/mol. The first kappa shape index (κ1) is 23.0. The summed E-state index contributed by atoms with van der Waals surface area (Å²) in [6, 6.07) is 14.4. The van der Waals surface area contributed by atoms with Crippen LogP contribution >= 0.6 is 0 Å². The Morgan fingerprint density at radius 2 is 1.91 bits per heavy atom. The van der Waals surface area contributed by atoms with Gasteiger partial charge in [0.1, 0.15) is 11.4 Å². The first-order valence-corrected chi connectivity index (χ1v) is 13.1. The Balaban J connectivity index is 1.28. The molecule has 0 N–H and O–H groups in total. The van der Waals surface area contributed by atoms with Gasteiger partial charge in [0.15, 0.2) is 0 Å². The van der Waals surface area contributed by atoms with E-state index in [0.717, 1.165) is 68.4 Å². The molecule has 1 aromatic carbocycles. The van der Waals surface area contributed by atoms with Gasteiger partial charge in [-0.05, 0) is 69.0 Å². The second-order valence-electron chi connectivity index (χ2n) is 9.96. The standard InChI is InChI=1S/C30H36N2O2/c33-29(24-9-3-1-2-4-10-24)27(28-14-5-6-18-31-28)16-21-32-19-8-12-23(15-20-32)26-13-7-11-25-17-22-34-30(25)26/h5-7,11,13-15,17-18,22,24,27H,1-4,8-10,12,16,19-21H2. The normalized spacial score (nSPS) is 19.4. The fourth-order valence-corrected chi connectivity index (χ4v) is 5.80. The van der Waals surface area contributed by atoms with E-state index in [1.165, 1.54) is 36.8 Å². The Kier molecular flexibility index (Phi) is 7.55. The molecule has 5 rings (SSSR count). The first-order chi connectivity index (χ1) is 16.8. The van der Waals surface area contributed by atoms with Crippen LogP contribution in [0.25, 0.3) is 16.5 Å². The van der Waals surface area contributed by atoms with Crippen molar-refractivity contribution in [1.29, 1.82) is 0 Å². The molecule has 1 unspecified atom stereocenters. The molecule has 0 bridgehead atoms. The van der Waals surface area contributed by atoms with Gasteiger partial charge in [0.2, 0.25) is 0 Å². The quantitative estimate of drug-likeness (QED) is 0.358. The number of ketones is 1. The zero-order chi connectivity index (χ0) is 23.2. The van der Waals surface area contributed by atoms with Gasteiger partial charge in [-0.3, -0.25) is 14.7 Å². The van der Waals surface area contributed by atoms with Crippen LogP contribution in [0, 0.1) is 5.92 Å². The fraction of sp³-hybridized carbons (Fsp3) is 0.467. The van der Waals surface area contributed by atoms with Crippen molar-refractivity contribution in [3.63, 3.8) is 0 Å². The van der Waals surface area contributed by atoms with Crippen LogP contribution in [0.15, 0.2) is 65.4 Å². The summed E-state index contributed by atoms with van der Waals surface area (Å²) in [6.45, 7) is 2.90. The summed E-state index contributed by atoms with van der Waals surface area (Å²) in [6.07, 6.45) is 16.0. The van der Waals surface area contributed by atoms with Gasteiger partial charge in [0.25, 0.3) is 0 Å². The highest BCUT2D eigenvalue weighted by molar-refractivity contribution is 5.90. The second kappa shape index (κ2) is 11.1. The maximum atomic E-state index is 13.6. The average Bonchev–Trinajstić information content (AvgIpc) is 3.05. The van der Waals surface area contributed by atoms with Crippen molar-refractivity contribution >= 4 is 22.3 Å². The number of benzene rings is 1. The number of rotatable bonds is 7. The van der Waals surface area contributed by atoms with E-state index in [2.05, 4.69) is 34.2 Å². The van der Waals surface area contributed by atoms with Gasteiger partial charge < -0.3 is 4.42 Å². The van der Waals surface area contributed by atoms with Crippen LogP contribution in [-0.4, -0.2) is 35.3 Å². The molecule has 3 heterocycles. The third-order valence-corrected chi connectivity index (χ3v) is 7.72. The monoisotopic (exact) mass is 456 g/mol. The topological polar surface area (TPSA) is 46.3 Å². The van der Waals surface area contributed by atoms with Crippen LogP contribution in [0.4, 0.5) is 0 Å². The maximum absolute atomic E-state index is 13.6. The molecule has 34 heavy (non-hydrogen) atoms. The van der Waals surface area contributed by atoms with E-state index in [-0.39, 0.29) is 11.8 Å². The van der Waals surface area contributed by atoms with Gasteiger partial charge in [-0.15, -0.1) is 0 Å². The van der Waals surface area contributed by atoms with Crippen molar-refractivity contribution in [3.05, 3.63) is 72.3 Å². The third kappa shape index (κ3) is 5.33. The molecule has 4 nitrogen and oxygen atoms in total. The molecular weight excluding hydrogens is 420 g/mol. The van der Waals surface area contributed by atoms with Gasteiger partial charge in [-0.2, -0.15) is 0 Å². The van der Waals surface area contributed by atoms with Crippen molar-refractivity contribution in [2.75, 3.05) is 19.6 Å². The molecule has 0 radical (unpaired) electrons. The first-order valence-electron chi connectivity index (χ1n) is 13.1. The Morgan fingerprint density at radius 1 is 1.03 bits per heavy atom. The maximum Gasteiger partial charge on any atom is 0.145 e. The molecule has 3 aromatic rings. The van der Waals surface area contributed by atoms with Crippen LogP contribution in [0.3, 0.4) is 0 Å². The Morgan fingerprint density at radius 3 is 2.74 bits per heavy atom. The highest BCUT2D eigenvalue weighted by Crippen LogP contribution is 2.32. The smallest absolute Gasteiger partial charge is 0.145 e. The SMILES string of the molecule is O=C(C1CCCCCC1)C(CCN1CC=C(c2cccc3ccoc23)CCC1)c1ccccn1. The molecule has 1 atom stereocenters. The van der Waals surface area contributed by atoms with Crippen LogP contribution in [0.2, 0.25) is 0 Å². The zero-order valence-corrected chi connectivity index (χ0v) is 20.1. The van der Waals surface area contributed by atoms with Gasteiger partial charge in [0.05, 0.1) is 17.9 Å². The lowest BCUT2D eigenvalue weighted by atomic mass is 9.83. The van der Waals surface area contributed by atoms with Crippen molar-refractivity contribution in [2.45, 2.75) is 63.7 Å². The number of carbonyl (C=O) groups is 1. The van der Waals surface area contributed by atoms with E-state index in [4.69, 9.17) is 4.42 Å². The summed E-state index contributed by atoms with van der Waals surface area (Å²) in [7, 11) is 0. The van der Waals surface area contributed by atoms with E-state index in [0.29, 0.717) is 5.78 Å². The molecular formula is C30H36N2O2. The van der Waals surface area contributed by atoms with E-state index < -0.39 is 0 Å². The minimum atomic E-state index is -0.0899. The molecule has 178 valence electrons. The Labute approximate surface area is 203 Å². The molecule has 0 spiro atoms. The number of fused-ring (bicyclic) bond motifs is 1. The van der Waals surface area contributed by atoms with E-state index >= 15 is 0 Å². The van der Waals surface area contributed by atoms with Crippen LogP contribution in [-0.2, 0) is 4.79 Å². The predicted octanol–water partition coefficient (Wildman–Crippen LogP) is 7.02. The highest BCUT2D eigenvalue weighted by Gasteiger charge is 2.30. The molecule has 1 saturated carbocycles. The minimum absolute atomic E-state index is 0.0899. The van der Waals surface area contributed by atoms with E-state index in [1.807, 2.05) is 30.5 Å². The summed E-state index contributed by atoms with van der Waals surface area (Å²) in [5.41, 5.74) is 4.54. The summed E-state index contributed by atoms with van der Waals surface area (Å²) in [4.78, 5) is 20.8. The molecule has 1 fully saturated rings. The van der Waals surface area contributed by atoms with Crippen molar-refractivity contribution < 1.29 is 9.21 Å². The van der Waals surface area contributed by atoms with Crippen molar-refractivity contribution in [2.24, 2.45) is 5.92 Å². The van der Waals surface area contributed by atoms with E-state index in [1.54, 1.807) is 6.26 Å². The molecule has 1 aliphatic heterocycles. The number of furan rings is 1. The number of para-hydroxylation sites is 1. The van der Waals surface area contributed by atoms with E-state index in [9.17, 15) is 4.79 Å². The lowest BCUT2D eigenvalue weighted by Crippen LogP contribution is -2.30. The molecule has 2 aromatic heterocycles. The molecule has 2 aliphatic rings. The molecule has 0 amide bonds. The summed E-state index contributed by atoms with van der Waals surface area (Å²) >= 11 is 0. The molecule has 4 heteroatoms. The number of hydrogen-bond acceptors (Lipinski definition) is 4. The summed E-state index contributed by atoms with van der Waals surface area (Å²) in [5, 5.41) is 1.16. The third-order valence-electron chi connectivity index (χ3n) is 7.72. The van der Waals surface area contributed by atoms with Crippen molar-refractivity contribution in [3.8, 4) is 0 Å². The molecule has 0 saturated heterocycles. The number of allylic oxidation sites excluding steroid dienone is 1.